The normalized spacial score (nSPS) is 49.0. The van der Waals surface area contributed by atoms with Crippen LogP contribution in [0.5, 0.6) is 0 Å². The van der Waals surface area contributed by atoms with Gasteiger partial charge in [-0.05, 0) is 112 Å². The van der Waals surface area contributed by atoms with Crippen LogP contribution in [0.3, 0.4) is 0 Å². The number of aliphatic hydroxyl groups excluding tert-OH is 1. The summed E-state index contributed by atoms with van der Waals surface area (Å²) in [7, 11) is 0. The topological polar surface area (TPSA) is 40.5 Å². The van der Waals surface area contributed by atoms with E-state index in [1.54, 1.807) is 5.57 Å². The van der Waals surface area contributed by atoms with E-state index in [0.29, 0.717) is 10.8 Å². The van der Waals surface area contributed by atoms with E-state index in [2.05, 4.69) is 19.9 Å². The van der Waals surface area contributed by atoms with Crippen molar-refractivity contribution in [2.75, 3.05) is 0 Å². The summed E-state index contributed by atoms with van der Waals surface area (Å²) >= 11 is 0. The molecule has 4 fully saturated rings. The van der Waals surface area contributed by atoms with Gasteiger partial charge in [0.25, 0.3) is 0 Å². The van der Waals surface area contributed by atoms with Crippen LogP contribution in [0.25, 0.3) is 0 Å². The van der Waals surface area contributed by atoms with Crippen molar-refractivity contribution in [1.82, 2.24) is 0 Å². The monoisotopic (exact) mass is 386 g/mol. The van der Waals surface area contributed by atoms with E-state index in [9.17, 15) is 10.2 Å². The first kappa shape index (κ1) is 19.6. The van der Waals surface area contributed by atoms with Crippen LogP contribution in [0, 0.1) is 34.5 Å². The number of unbranched alkanes of at least 4 members (excludes halogenated alkanes) is 1. The van der Waals surface area contributed by atoms with Crippen molar-refractivity contribution >= 4 is 0 Å². The van der Waals surface area contributed by atoms with Crippen molar-refractivity contribution in [1.29, 1.82) is 0 Å². The molecule has 5 rings (SSSR count). The zero-order chi connectivity index (χ0) is 19.6. The third-order valence-corrected chi connectivity index (χ3v) is 10.5. The Morgan fingerprint density at radius 1 is 0.964 bits per heavy atom. The second-order valence-electron chi connectivity index (χ2n) is 11.9. The van der Waals surface area contributed by atoms with Crippen molar-refractivity contribution in [3.8, 4) is 0 Å². The van der Waals surface area contributed by atoms with E-state index in [1.807, 2.05) is 0 Å². The van der Waals surface area contributed by atoms with Gasteiger partial charge in [0, 0.05) is 0 Å². The Labute approximate surface area is 172 Å². The van der Waals surface area contributed by atoms with Crippen molar-refractivity contribution in [3.63, 3.8) is 0 Å². The molecule has 0 saturated heterocycles. The Kier molecular flexibility index (Phi) is 4.79. The van der Waals surface area contributed by atoms with Crippen LogP contribution in [0.1, 0.15) is 104 Å². The molecule has 158 valence electrons. The lowest BCUT2D eigenvalue weighted by molar-refractivity contribution is -0.0509. The lowest BCUT2D eigenvalue weighted by atomic mass is 9.47. The van der Waals surface area contributed by atoms with E-state index in [0.717, 1.165) is 55.8 Å². The Bertz CT molecular complexity index is 634. The molecule has 2 N–H and O–H groups in total. The van der Waals surface area contributed by atoms with Crippen molar-refractivity contribution < 1.29 is 10.2 Å². The summed E-state index contributed by atoms with van der Waals surface area (Å²) in [6.07, 6.45) is 19.7. The molecule has 5 unspecified atom stereocenters. The molecule has 2 heteroatoms. The lowest BCUT2D eigenvalue weighted by Gasteiger charge is -2.58. The molecular formula is C26H42O2. The molecule has 0 spiro atoms. The summed E-state index contributed by atoms with van der Waals surface area (Å²) in [4.78, 5) is 0. The van der Waals surface area contributed by atoms with Crippen LogP contribution in [0.2, 0.25) is 0 Å². The number of hydrogen-bond acceptors (Lipinski definition) is 2. The molecule has 7 atom stereocenters. The Morgan fingerprint density at radius 3 is 2.57 bits per heavy atom. The quantitative estimate of drug-likeness (QED) is 0.448. The van der Waals surface area contributed by atoms with E-state index < -0.39 is 0 Å². The van der Waals surface area contributed by atoms with Gasteiger partial charge < -0.3 is 10.2 Å². The van der Waals surface area contributed by atoms with E-state index in [-0.39, 0.29) is 11.7 Å². The first-order valence-corrected chi connectivity index (χ1v) is 12.4. The van der Waals surface area contributed by atoms with Gasteiger partial charge in [0.2, 0.25) is 0 Å². The maximum Gasteiger partial charge on any atom is 0.0650 e. The highest BCUT2D eigenvalue weighted by molar-refractivity contribution is 5.25. The molecule has 28 heavy (non-hydrogen) atoms. The van der Waals surface area contributed by atoms with Crippen LogP contribution in [0.15, 0.2) is 11.6 Å². The van der Waals surface area contributed by atoms with E-state index >= 15 is 0 Å². The molecule has 0 aliphatic heterocycles. The summed E-state index contributed by atoms with van der Waals surface area (Å²) in [5, 5.41) is 20.3. The highest BCUT2D eigenvalue weighted by atomic mass is 16.3. The van der Waals surface area contributed by atoms with Gasteiger partial charge in [-0.25, -0.2) is 0 Å². The average molecular weight is 387 g/mol. The van der Waals surface area contributed by atoms with Gasteiger partial charge in [-0.2, -0.15) is 0 Å². The molecule has 4 saturated carbocycles. The first-order chi connectivity index (χ1) is 13.3. The molecule has 0 bridgehead atoms. The summed E-state index contributed by atoms with van der Waals surface area (Å²) in [5.74, 6) is 3.59. The van der Waals surface area contributed by atoms with Crippen LogP contribution in [-0.4, -0.2) is 21.9 Å². The fourth-order valence-electron chi connectivity index (χ4n) is 8.46. The minimum Gasteiger partial charge on any atom is -0.393 e. The summed E-state index contributed by atoms with van der Waals surface area (Å²) < 4.78 is 0. The number of rotatable bonds is 5. The summed E-state index contributed by atoms with van der Waals surface area (Å²) in [6, 6.07) is 0. The zero-order valence-corrected chi connectivity index (χ0v) is 18.3. The van der Waals surface area contributed by atoms with Gasteiger partial charge in [-0.1, -0.05) is 38.3 Å². The highest BCUT2D eigenvalue weighted by Gasteiger charge is 2.58. The smallest absolute Gasteiger partial charge is 0.0650 e. The van der Waals surface area contributed by atoms with Crippen LogP contribution >= 0.6 is 0 Å². The molecule has 0 radical (unpaired) electrons. The molecule has 0 aromatic rings. The second-order valence-corrected chi connectivity index (χ2v) is 11.9. The molecule has 0 amide bonds. The van der Waals surface area contributed by atoms with Crippen molar-refractivity contribution in [2.24, 2.45) is 34.5 Å². The maximum atomic E-state index is 10.2. The largest absolute Gasteiger partial charge is 0.393 e. The lowest BCUT2D eigenvalue weighted by Crippen LogP contribution is -2.50. The van der Waals surface area contributed by atoms with Gasteiger partial charge in [0.15, 0.2) is 0 Å². The SMILES string of the molecule is CC12CCC(O)CC1=CCC1C2CC[C@@]2(C)C1CC[C@@H]2CCCCC1(O)CC1. The van der Waals surface area contributed by atoms with Crippen LogP contribution in [0.4, 0.5) is 0 Å². The molecule has 5 aliphatic rings. The van der Waals surface area contributed by atoms with Gasteiger partial charge >= 0.3 is 0 Å². The fourth-order valence-corrected chi connectivity index (χ4v) is 8.46. The molecule has 2 nitrogen and oxygen atoms in total. The Hall–Kier alpha value is -0.340. The average Bonchev–Trinajstić information content (AvgIpc) is 3.30. The number of fused-ring (bicyclic) bond motifs is 5. The highest BCUT2D eigenvalue weighted by Crippen LogP contribution is 2.66. The summed E-state index contributed by atoms with van der Waals surface area (Å²) in [5.41, 5.74) is 2.29. The van der Waals surface area contributed by atoms with Gasteiger partial charge in [0.1, 0.15) is 0 Å². The molecule has 5 aliphatic carbocycles. The third-order valence-electron chi connectivity index (χ3n) is 10.5. The minimum atomic E-state index is -0.255. The van der Waals surface area contributed by atoms with Gasteiger partial charge in [-0.3, -0.25) is 0 Å². The first-order valence-electron chi connectivity index (χ1n) is 12.4. The third kappa shape index (κ3) is 3.13. The molecule has 0 aromatic heterocycles. The standard InChI is InChI=1S/C26H42O2/c1-24-14-11-23-21(8-6-19-17-20(27)10-13-25(19,23)2)22(24)9-7-18(24)5-3-4-12-26(28)15-16-26/h6,18,20-23,27-28H,3-5,7-17H2,1-2H3/t18-,20?,21?,22?,23?,24+,25?/m0/s1. The minimum absolute atomic E-state index is 0.0886. The number of allylic oxidation sites excluding steroid dienone is 1. The molecular weight excluding hydrogens is 344 g/mol. The number of aliphatic hydroxyl groups is 2. The van der Waals surface area contributed by atoms with Crippen LogP contribution in [-0.2, 0) is 0 Å². The predicted molar refractivity (Wildman–Crippen MR) is 114 cm³/mol. The number of hydrogen-bond donors (Lipinski definition) is 2. The van der Waals surface area contributed by atoms with Crippen molar-refractivity contribution in [2.45, 2.75) is 115 Å². The maximum absolute atomic E-state index is 10.2. The zero-order valence-electron chi connectivity index (χ0n) is 18.3. The van der Waals surface area contributed by atoms with Gasteiger partial charge in [-0.15, -0.1) is 0 Å². The van der Waals surface area contributed by atoms with Gasteiger partial charge in [0.05, 0.1) is 11.7 Å². The summed E-state index contributed by atoms with van der Waals surface area (Å²) in [6.45, 7) is 5.19. The Balaban J connectivity index is 1.26. The predicted octanol–water partition coefficient (Wildman–Crippen LogP) is 6.01. The van der Waals surface area contributed by atoms with Crippen molar-refractivity contribution in [3.05, 3.63) is 11.6 Å². The Morgan fingerprint density at radius 2 is 1.79 bits per heavy atom. The van der Waals surface area contributed by atoms with E-state index in [1.165, 1.54) is 57.8 Å². The molecule has 0 heterocycles. The molecule has 0 aromatic carbocycles. The second kappa shape index (κ2) is 6.84. The van der Waals surface area contributed by atoms with Crippen LogP contribution < -0.4 is 0 Å². The fraction of sp³-hybridized carbons (Fsp3) is 0.923. The van der Waals surface area contributed by atoms with E-state index in [4.69, 9.17) is 0 Å².